The van der Waals surface area contributed by atoms with Crippen molar-refractivity contribution < 1.29 is 19.4 Å². The van der Waals surface area contributed by atoms with Crippen LogP contribution >= 0.6 is 11.3 Å². The number of amides is 1. The van der Waals surface area contributed by atoms with Crippen molar-refractivity contribution >= 4 is 28.8 Å². The van der Waals surface area contributed by atoms with Gasteiger partial charge in [-0.2, -0.15) is 0 Å². The van der Waals surface area contributed by atoms with Crippen molar-refractivity contribution in [2.75, 3.05) is 6.54 Å². The van der Waals surface area contributed by atoms with Gasteiger partial charge < -0.3 is 14.7 Å². The van der Waals surface area contributed by atoms with Gasteiger partial charge in [-0.25, -0.2) is 0 Å². The van der Waals surface area contributed by atoms with Crippen LogP contribution in [0.1, 0.15) is 49.2 Å². The van der Waals surface area contributed by atoms with Gasteiger partial charge in [-0.1, -0.05) is 13.0 Å². The van der Waals surface area contributed by atoms with E-state index in [0.29, 0.717) is 12.1 Å². The van der Waals surface area contributed by atoms with Crippen LogP contribution in [-0.4, -0.2) is 34.3 Å². The summed E-state index contributed by atoms with van der Waals surface area (Å²) >= 11 is 1.47. The molecule has 3 rings (SSSR count). The Kier molecular flexibility index (Phi) is 5.89. The highest BCUT2D eigenvalue weighted by Gasteiger charge is 2.46. The minimum absolute atomic E-state index is 0.0383. The molecule has 1 aromatic heterocycles. The third kappa shape index (κ3) is 3.69. The zero-order chi connectivity index (χ0) is 20.4. The monoisotopic (exact) mass is 399 g/mol. The maximum Gasteiger partial charge on any atom is 0.295 e. The Bertz CT molecular complexity index is 915. The average molecular weight is 400 g/mol. The molecule has 1 saturated heterocycles. The number of carbonyl (C=O) groups excluding carboxylic acids is 2. The Labute approximate surface area is 169 Å². The smallest absolute Gasteiger partial charge is 0.295 e. The Morgan fingerprint density at radius 3 is 2.61 bits per heavy atom. The minimum atomic E-state index is -0.635. The molecule has 1 aliphatic heterocycles. The molecule has 6 heteroatoms. The number of rotatable bonds is 6. The fourth-order valence-electron chi connectivity index (χ4n) is 3.43. The maximum absolute atomic E-state index is 12.8. The fourth-order valence-corrected chi connectivity index (χ4v) is 4.28. The molecule has 1 aliphatic rings. The van der Waals surface area contributed by atoms with Crippen LogP contribution in [0.4, 0.5) is 0 Å². The Hall–Kier alpha value is -2.60. The van der Waals surface area contributed by atoms with Crippen molar-refractivity contribution in [1.82, 2.24) is 4.90 Å². The summed E-state index contributed by atoms with van der Waals surface area (Å²) in [5.74, 6) is -0.606. The molecule has 0 bridgehead atoms. The number of likely N-dealkylation sites (tertiary alicyclic amines) is 1. The predicted molar refractivity (Wildman–Crippen MR) is 111 cm³/mol. The highest BCUT2D eigenvalue weighted by molar-refractivity contribution is 7.10. The van der Waals surface area contributed by atoms with Crippen molar-refractivity contribution in [1.29, 1.82) is 0 Å². The van der Waals surface area contributed by atoms with Crippen molar-refractivity contribution in [2.45, 2.75) is 46.3 Å². The van der Waals surface area contributed by atoms with E-state index in [9.17, 15) is 14.7 Å². The second-order valence-corrected chi connectivity index (χ2v) is 8.13. The highest BCUT2D eigenvalue weighted by atomic mass is 32.1. The molecule has 0 saturated carbocycles. The summed E-state index contributed by atoms with van der Waals surface area (Å²) in [6.45, 7) is 8.21. The van der Waals surface area contributed by atoms with E-state index in [1.165, 1.54) is 11.3 Å². The van der Waals surface area contributed by atoms with E-state index in [1.54, 1.807) is 23.1 Å². The molecule has 0 aliphatic carbocycles. The van der Waals surface area contributed by atoms with Crippen LogP contribution in [0.25, 0.3) is 5.76 Å². The molecule has 1 N–H and O–H groups in total. The second-order valence-electron chi connectivity index (χ2n) is 7.15. The van der Waals surface area contributed by atoms with E-state index in [0.717, 1.165) is 22.6 Å². The Morgan fingerprint density at radius 1 is 1.29 bits per heavy atom. The van der Waals surface area contributed by atoms with E-state index in [-0.39, 0.29) is 17.4 Å². The van der Waals surface area contributed by atoms with Crippen LogP contribution in [0.2, 0.25) is 0 Å². The molecule has 0 spiro atoms. The third-order valence-electron chi connectivity index (χ3n) is 4.63. The molecule has 0 radical (unpaired) electrons. The lowest BCUT2D eigenvalue weighted by molar-refractivity contribution is -0.139. The molecule has 1 amide bonds. The maximum atomic E-state index is 12.8. The van der Waals surface area contributed by atoms with Crippen LogP contribution in [-0.2, 0) is 9.59 Å². The molecule has 1 fully saturated rings. The van der Waals surface area contributed by atoms with Gasteiger partial charge in [-0.15, -0.1) is 11.3 Å². The average Bonchev–Trinajstić information content (AvgIpc) is 3.25. The molecule has 1 atom stereocenters. The largest absolute Gasteiger partial charge is 0.507 e. The number of aliphatic hydroxyl groups is 1. The summed E-state index contributed by atoms with van der Waals surface area (Å²) in [5.41, 5.74) is 1.51. The summed E-state index contributed by atoms with van der Waals surface area (Å²) in [6, 6.07) is 8.51. The van der Waals surface area contributed by atoms with Gasteiger partial charge in [0.15, 0.2) is 0 Å². The molecule has 2 aromatic rings. The topological polar surface area (TPSA) is 66.8 Å². The minimum Gasteiger partial charge on any atom is -0.507 e. The number of thiophene rings is 1. The molecule has 5 nitrogen and oxygen atoms in total. The molecule has 28 heavy (non-hydrogen) atoms. The third-order valence-corrected chi connectivity index (χ3v) is 5.55. The number of nitrogens with zero attached hydrogens (tertiary/aromatic N) is 1. The first-order valence-electron chi connectivity index (χ1n) is 9.44. The Balaban J connectivity index is 2.09. The number of aliphatic hydroxyl groups excluding tert-OH is 1. The van der Waals surface area contributed by atoms with Gasteiger partial charge in [-0.3, -0.25) is 9.59 Å². The van der Waals surface area contributed by atoms with Crippen molar-refractivity contribution in [3.05, 3.63) is 57.3 Å². The van der Waals surface area contributed by atoms with Crippen LogP contribution in [0, 0.1) is 6.92 Å². The number of aryl methyl sites for hydroxylation is 1. The van der Waals surface area contributed by atoms with E-state index in [1.807, 2.05) is 45.2 Å². The number of carbonyl (C=O) groups is 2. The Morgan fingerprint density at radius 2 is 2.04 bits per heavy atom. The van der Waals surface area contributed by atoms with Crippen molar-refractivity contribution in [3.63, 3.8) is 0 Å². The highest BCUT2D eigenvalue weighted by Crippen LogP contribution is 2.41. The van der Waals surface area contributed by atoms with Gasteiger partial charge in [0, 0.05) is 17.0 Å². The molecule has 148 valence electrons. The molecule has 2 heterocycles. The quantitative estimate of drug-likeness (QED) is 0.435. The predicted octanol–water partition coefficient (Wildman–Crippen LogP) is 4.68. The molecule has 1 unspecified atom stereocenters. The zero-order valence-electron chi connectivity index (χ0n) is 16.6. The molecule has 1 aromatic carbocycles. The van der Waals surface area contributed by atoms with Gasteiger partial charge >= 0.3 is 0 Å². The summed E-state index contributed by atoms with van der Waals surface area (Å²) in [7, 11) is 0. The van der Waals surface area contributed by atoms with Gasteiger partial charge in [-0.05, 0) is 62.4 Å². The number of ketones is 1. The zero-order valence-corrected chi connectivity index (χ0v) is 17.4. The summed E-state index contributed by atoms with van der Waals surface area (Å²) in [6.07, 6.45) is 0.770. The van der Waals surface area contributed by atoms with Gasteiger partial charge in [0.1, 0.15) is 11.5 Å². The summed E-state index contributed by atoms with van der Waals surface area (Å²) in [4.78, 5) is 27.8. The number of hydrogen-bond acceptors (Lipinski definition) is 5. The SMILES string of the molecule is CCCN1C(=O)C(=O)/C(=C(\O)c2ccc(OC(C)C)c(C)c2)C1c1cccs1. The van der Waals surface area contributed by atoms with Gasteiger partial charge in [0.05, 0.1) is 17.7 Å². The van der Waals surface area contributed by atoms with E-state index in [4.69, 9.17) is 4.74 Å². The van der Waals surface area contributed by atoms with Crippen molar-refractivity contribution in [3.8, 4) is 5.75 Å². The van der Waals surface area contributed by atoms with Crippen LogP contribution in [0.5, 0.6) is 5.75 Å². The van der Waals surface area contributed by atoms with Crippen LogP contribution in [0.15, 0.2) is 41.3 Å². The van der Waals surface area contributed by atoms with E-state index >= 15 is 0 Å². The fraction of sp³-hybridized carbons (Fsp3) is 0.364. The lowest BCUT2D eigenvalue weighted by Gasteiger charge is -2.23. The van der Waals surface area contributed by atoms with E-state index < -0.39 is 17.7 Å². The first-order chi connectivity index (χ1) is 13.3. The number of benzene rings is 1. The standard InChI is InChI=1S/C22H25NO4S/c1-5-10-23-19(17-7-6-11-28-17)18(21(25)22(23)26)20(24)15-8-9-16(14(4)12-15)27-13(2)3/h6-9,11-13,19,24H,5,10H2,1-4H3/b20-18-. The number of Topliss-reactive ketones (excluding diaryl/α,β-unsaturated/α-hetero) is 1. The summed E-state index contributed by atoms with van der Waals surface area (Å²) < 4.78 is 5.75. The molecular weight excluding hydrogens is 374 g/mol. The van der Waals surface area contributed by atoms with Crippen molar-refractivity contribution in [2.24, 2.45) is 0 Å². The van der Waals surface area contributed by atoms with Gasteiger partial charge in [0.2, 0.25) is 0 Å². The van der Waals surface area contributed by atoms with E-state index in [2.05, 4.69) is 0 Å². The number of hydrogen-bond donors (Lipinski definition) is 1. The molecular formula is C22H25NO4S. The first-order valence-corrected chi connectivity index (χ1v) is 10.3. The van der Waals surface area contributed by atoms with Crippen LogP contribution in [0.3, 0.4) is 0 Å². The van der Waals surface area contributed by atoms with Crippen LogP contribution < -0.4 is 4.74 Å². The lowest BCUT2D eigenvalue weighted by atomic mass is 9.98. The second kappa shape index (κ2) is 8.19. The summed E-state index contributed by atoms with van der Waals surface area (Å²) in [5, 5.41) is 12.9. The lowest BCUT2D eigenvalue weighted by Crippen LogP contribution is -2.30. The van der Waals surface area contributed by atoms with Gasteiger partial charge in [0.25, 0.3) is 11.7 Å². The number of ether oxygens (including phenoxy) is 1. The first kappa shape index (κ1) is 20.1. The normalized spacial score (nSPS) is 18.9.